The van der Waals surface area contributed by atoms with Gasteiger partial charge in [0, 0.05) is 12.8 Å². The fraction of sp³-hybridized carbons (Fsp3) is 0.609. The Hall–Kier alpha value is -4.57. The highest BCUT2D eigenvalue weighted by atomic mass is 16.7. The predicted octanol–water partition coefficient (Wildman–Crippen LogP) is 16.7. The largest absolute Gasteiger partial charge is 0.477 e. The topological polar surface area (TPSA) is 108 Å². The van der Waals surface area contributed by atoms with Crippen LogP contribution in [0, 0.1) is 0 Å². The molecule has 0 rings (SSSR count). The Morgan fingerprint density at radius 2 is 0.781 bits per heavy atom. The Balaban J connectivity index is 4.09. The van der Waals surface area contributed by atoms with E-state index in [-0.39, 0.29) is 32.2 Å². The number of ether oxygens (including phenoxy) is 4. The van der Waals surface area contributed by atoms with Crippen molar-refractivity contribution in [1.82, 2.24) is 0 Å². The van der Waals surface area contributed by atoms with E-state index in [4.69, 9.17) is 18.9 Å². The summed E-state index contributed by atoms with van der Waals surface area (Å²) in [6.45, 7) is 4.67. The molecule has 0 aromatic heterocycles. The minimum Gasteiger partial charge on any atom is -0.477 e. The van der Waals surface area contributed by atoms with Gasteiger partial charge < -0.3 is 28.5 Å². The molecule has 0 radical (unpaired) electrons. The van der Waals surface area contributed by atoms with E-state index in [9.17, 15) is 19.5 Å². The fourth-order valence-electron chi connectivity index (χ4n) is 7.07. The molecule has 0 aromatic rings. The summed E-state index contributed by atoms with van der Waals surface area (Å²) in [6, 6.07) is 0. The molecule has 0 aromatic carbocycles. The first-order valence-corrected chi connectivity index (χ1v) is 28.3. The highest BCUT2D eigenvalue weighted by molar-refractivity contribution is 5.71. The molecule has 0 fully saturated rings. The van der Waals surface area contributed by atoms with Crippen molar-refractivity contribution in [1.29, 1.82) is 0 Å². The monoisotopic (exact) mass is 1010 g/mol. The third-order valence-corrected chi connectivity index (χ3v) is 11.4. The number of carboxylic acids is 1. The van der Waals surface area contributed by atoms with Crippen molar-refractivity contribution in [2.75, 3.05) is 47.5 Å². The summed E-state index contributed by atoms with van der Waals surface area (Å²) in [6.07, 6.45) is 74.3. The number of hydrogen-bond acceptors (Lipinski definition) is 7. The first-order chi connectivity index (χ1) is 35.6. The highest BCUT2D eigenvalue weighted by Crippen LogP contribution is 2.13. The number of hydrogen-bond donors (Lipinski definition) is 1. The minimum atomic E-state index is -1.52. The molecule has 9 heteroatoms. The number of carboxylic acid groups (broad SMARTS) is 1. The Morgan fingerprint density at radius 1 is 0.425 bits per heavy atom. The molecule has 2 atom stereocenters. The summed E-state index contributed by atoms with van der Waals surface area (Å²) in [5.74, 6) is -2.04. The zero-order chi connectivity index (χ0) is 53.4. The van der Waals surface area contributed by atoms with Crippen LogP contribution in [0.25, 0.3) is 0 Å². The van der Waals surface area contributed by atoms with Gasteiger partial charge in [-0.25, -0.2) is 4.79 Å². The van der Waals surface area contributed by atoms with E-state index >= 15 is 0 Å². The minimum absolute atomic E-state index is 0.180. The smallest absolute Gasteiger partial charge is 0.361 e. The highest BCUT2D eigenvalue weighted by Gasteiger charge is 2.25. The quantitative estimate of drug-likeness (QED) is 0.0211. The number of esters is 2. The van der Waals surface area contributed by atoms with Gasteiger partial charge in [0.15, 0.2) is 6.10 Å². The zero-order valence-electron chi connectivity index (χ0n) is 46.7. The van der Waals surface area contributed by atoms with Gasteiger partial charge in [0.25, 0.3) is 6.29 Å². The number of rotatable bonds is 50. The van der Waals surface area contributed by atoms with E-state index in [0.717, 1.165) is 116 Å². The predicted molar refractivity (Wildman–Crippen MR) is 308 cm³/mol. The van der Waals surface area contributed by atoms with Crippen LogP contribution in [0.2, 0.25) is 0 Å². The molecule has 0 spiro atoms. The number of nitrogens with zero attached hydrogens (tertiary/aromatic N) is 1. The number of aliphatic carboxylic acids is 1. The van der Waals surface area contributed by atoms with Crippen molar-refractivity contribution in [2.24, 2.45) is 0 Å². The Kier molecular flexibility index (Phi) is 50.4. The maximum atomic E-state index is 12.8. The van der Waals surface area contributed by atoms with Crippen molar-refractivity contribution in [2.45, 2.75) is 206 Å². The van der Waals surface area contributed by atoms with Gasteiger partial charge in [0.05, 0.1) is 34.4 Å². The lowest BCUT2D eigenvalue weighted by molar-refractivity contribution is -0.870. The zero-order valence-corrected chi connectivity index (χ0v) is 46.7. The van der Waals surface area contributed by atoms with E-state index in [1.165, 1.54) is 44.9 Å². The molecule has 0 saturated carbocycles. The molecule has 1 N–H and O–H groups in total. The average molecular weight is 1020 g/mol. The second-order valence-corrected chi connectivity index (χ2v) is 19.5. The number of carbonyl (C=O) groups is 3. The summed E-state index contributed by atoms with van der Waals surface area (Å²) in [5, 5.41) is 9.63. The maximum Gasteiger partial charge on any atom is 0.361 e. The van der Waals surface area contributed by atoms with Crippen LogP contribution in [0.3, 0.4) is 0 Å². The van der Waals surface area contributed by atoms with Crippen LogP contribution >= 0.6 is 0 Å². The summed E-state index contributed by atoms with van der Waals surface area (Å²) in [5.41, 5.74) is 0. The molecule has 0 bridgehead atoms. The third kappa shape index (κ3) is 55.0. The lowest BCUT2D eigenvalue weighted by atomic mass is 10.1. The van der Waals surface area contributed by atoms with E-state index in [1.54, 1.807) is 0 Å². The number of quaternary nitrogens is 1. The van der Waals surface area contributed by atoms with Gasteiger partial charge in [0.2, 0.25) is 0 Å². The van der Waals surface area contributed by atoms with Gasteiger partial charge in [-0.05, 0) is 96.3 Å². The molecule has 73 heavy (non-hydrogen) atoms. The Morgan fingerprint density at radius 3 is 1.16 bits per heavy atom. The maximum absolute atomic E-state index is 12.8. The fourth-order valence-corrected chi connectivity index (χ4v) is 7.07. The summed E-state index contributed by atoms with van der Waals surface area (Å²) in [7, 11) is 5.94. The second kappa shape index (κ2) is 53.7. The average Bonchev–Trinajstić information content (AvgIpc) is 3.36. The number of likely N-dealkylation sites (N-methyl/N-ethyl adjacent to an activating group) is 1. The normalized spacial score (nSPS) is 13.8. The third-order valence-electron chi connectivity index (χ3n) is 11.4. The van der Waals surface area contributed by atoms with Gasteiger partial charge in [0.1, 0.15) is 13.2 Å². The lowest BCUT2D eigenvalue weighted by Gasteiger charge is -2.25. The number of unbranched alkanes of at least 4 members (excludes halogenated alkanes) is 13. The van der Waals surface area contributed by atoms with Crippen molar-refractivity contribution < 1.29 is 42.9 Å². The first kappa shape index (κ1) is 68.4. The molecule has 412 valence electrons. The van der Waals surface area contributed by atoms with Crippen molar-refractivity contribution in [3.8, 4) is 0 Å². The summed E-state index contributed by atoms with van der Waals surface area (Å²) < 4.78 is 22.7. The van der Waals surface area contributed by atoms with Crippen LogP contribution in [-0.4, -0.2) is 87.4 Å². The Bertz CT molecular complexity index is 1650. The van der Waals surface area contributed by atoms with E-state index in [1.807, 2.05) is 21.1 Å². The van der Waals surface area contributed by atoms with Gasteiger partial charge in [-0.15, -0.1) is 0 Å². The van der Waals surface area contributed by atoms with E-state index in [2.05, 4.69) is 148 Å². The standard InChI is InChI=1S/C64H103NO8/c1-6-8-10-12-14-15-16-17-18-19-20-21-22-23-24-25-26-27-28-29-30-31-32-33-34-35-36-37-38-39-40-41-42-43-44-45-46-47-49-51-53-55-62(67)73-60(58-71-61(66)54-52-50-48-13-11-9-7-2)59-72-64(63(68)69)70-57-56-65(3,4)5/h8,10,14-15,17-18,20-21,23-24,26-27,29-30,32-33,35-36,38-39,41-42,60,64H,6-7,9,11-13,16,19,22,25,28,31,34,37,40,43-59H2,1-5H3/p+1/b10-8-,15-14-,18-17-,21-20-,24-23-,27-26-,30-29-,33-32-,36-35-,39-38-,42-41-. The number of allylic oxidation sites excluding steroid dienone is 22. The number of carbonyl (C=O) groups excluding carboxylic acids is 2. The summed E-state index contributed by atoms with van der Waals surface area (Å²) in [4.78, 5) is 37.0. The van der Waals surface area contributed by atoms with E-state index < -0.39 is 24.3 Å². The van der Waals surface area contributed by atoms with Gasteiger partial charge in [-0.2, -0.15) is 0 Å². The van der Waals surface area contributed by atoms with Crippen molar-refractivity contribution in [3.05, 3.63) is 134 Å². The van der Waals surface area contributed by atoms with Gasteiger partial charge in [-0.1, -0.05) is 218 Å². The summed E-state index contributed by atoms with van der Waals surface area (Å²) >= 11 is 0. The SMILES string of the molecule is CC/C=C\C/C=C\C/C=C\C/C=C\C/C=C\C/C=C\C/C=C\C/C=C\C/C=C\C/C=C\C/C=C\CCCCCCCCCC(=O)OC(COC(=O)CCCCCCCCC)COC(OCC[N+](C)(C)C)C(=O)O. The van der Waals surface area contributed by atoms with Crippen molar-refractivity contribution in [3.63, 3.8) is 0 Å². The molecule has 0 heterocycles. The van der Waals surface area contributed by atoms with Crippen LogP contribution in [0.4, 0.5) is 0 Å². The van der Waals surface area contributed by atoms with Crippen LogP contribution < -0.4 is 0 Å². The van der Waals surface area contributed by atoms with Crippen molar-refractivity contribution >= 4 is 17.9 Å². The van der Waals surface area contributed by atoms with Gasteiger partial charge in [-0.3, -0.25) is 9.59 Å². The molecular formula is C64H104NO8+. The lowest BCUT2D eigenvalue weighted by Crippen LogP contribution is -2.40. The molecule has 0 saturated heterocycles. The molecule has 0 aliphatic rings. The van der Waals surface area contributed by atoms with Gasteiger partial charge >= 0.3 is 17.9 Å². The van der Waals surface area contributed by atoms with Crippen LogP contribution in [0.1, 0.15) is 194 Å². The molecular weight excluding hydrogens is 911 g/mol. The van der Waals surface area contributed by atoms with E-state index in [0.29, 0.717) is 23.9 Å². The molecule has 0 amide bonds. The Labute approximate surface area is 446 Å². The first-order valence-electron chi connectivity index (χ1n) is 28.3. The molecule has 2 unspecified atom stereocenters. The van der Waals surface area contributed by atoms with Crippen LogP contribution in [-0.2, 0) is 33.3 Å². The van der Waals surface area contributed by atoms with Crippen LogP contribution in [0.5, 0.6) is 0 Å². The second-order valence-electron chi connectivity index (χ2n) is 19.5. The molecule has 0 aliphatic carbocycles. The molecule has 9 nitrogen and oxygen atoms in total. The molecule has 0 aliphatic heterocycles. The van der Waals surface area contributed by atoms with Crippen LogP contribution in [0.15, 0.2) is 134 Å².